The zero-order chi connectivity index (χ0) is 9.14. The Morgan fingerprint density at radius 2 is 2.25 bits per heavy atom. The van der Waals surface area contributed by atoms with Gasteiger partial charge in [-0.25, -0.2) is 0 Å². The van der Waals surface area contributed by atoms with Gasteiger partial charge in [0.2, 0.25) is 0 Å². The maximum atomic E-state index is 10.5. The number of nitro groups is 1. The minimum atomic E-state index is -0.368. The molecule has 1 aromatic carbocycles. The molecule has 1 rings (SSSR count). The van der Waals surface area contributed by atoms with Crippen LogP contribution in [0.25, 0.3) is 0 Å². The number of rotatable bonds is 2. The standard InChI is InChI=1S/C9H10NO2/c1-3-8-7(2)5-4-6-9(8)10(11)12/h4-6H,2-3H2,1H3. The molecule has 0 saturated carbocycles. The van der Waals surface area contributed by atoms with Crippen LogP contribution >= 0.6 is 0 Å². The van der Waals surface area contributed by atoms with E-state index in [1.807, 2.05) is 6.92 Å². The first-order valence-electron chi connectivity index (χ1n) is 3.75. The van der Waals surface area contributed by atoms with E-state index in [0.29, 0.717) is 6.42 Å². The summed E-state index contributed by atoms with van der Waals surface area (Å²) in [7, 11) is 0. The van der Waals surface area contributed by atoms with E-state index < -0.39 is 0 Å². The molecule has 0 aliphatic rings. The predicted molar refractivity (Wildman–Crippen MR) is 46.9 cm³/mol. The SMILES string of the molecule is [CH2]c1cccc([N+](=O)[O-])c1CC. The van der Waals surface area contributed by atoms with Crippen LogP contribution in [-0.2, 0) is 6.42 Å². The minimum absolute atomic E-state index is 0.171. The third kappa shape index (κ3) is 1.44. The van der Waals surface area contributed by atoms with E-state index in [9.17, 15) is 10.1 Å². The van der Waals surface area contributed by atoms with Crippen LogP contribution in [0.1, 0.15) is 18.1 Å². The van der Waals surface area contributed by atoms with Crippen LogP contribution in [0.15, 0.2) is 18.2 Å². The van der Waals surface area contributed by atoms with Crippen LogP contribution in [0.2, 0.25) is 0 Å². The molecule has 0 bridgehead atoms. The molecule has 1 radical (unpaired) electrons. The molecular weight excluding hydrogens is 154 g/mol. The van der Waals surface area contributed by atoms with Crippen molar-refractivity contribution < 1.29 is 4.92 Å². The number of nitrogens with zero attached hydrogens (tertiary/aromatic N) is 1. The summed E-state index contributed by atoms with van der Waals surface area (Å²) in [5.74, 6) is 0. The Labute approximate surface area is 71.2 Å². The Kier molecular flexibility index (Phi) is 2.43. The molecule has 0 N–H and O–H groups in total. The van der Waals surface area contributed by atoms with Crippen molar-refractivity contribution in [3.05, 3.63) is 46.4 Å². The van der Waals surface area contributed by atoms with Crippen molar-refractivity contribution in [1.82, 2.24) is 0 Å². The van der Waals surface area contributed by atoms with Crippen molar-refractivity contribution in [3.63, 3.8) is 0 Å². The molecule has 0 atom stereocenters. The van der Waals surface area contributed by atoms with Gasteiger partial charge in [0.25, 0.3) is 5.69 Å². The highest BCUT2D eigenvalue weighted by atomic mass is 16.6. The molecule has 63 valence electrons. The van der Waals surface area contributed by atoms with Crippen LogP contribution in [0.4, 0.5) is 5.69 Å². The second kappa shape index (κ2) is 3.34. The normalized spacial score (nSPS) is 9.83. The monoisotopic (exact) mass is 164 g/mol. The lowest BCUT2D eigenvalue weighted by Gasteiger charge is -2.02. The van der Waals surface area contributed by atoms with Gasteiger partial charge in [-0.3, -0.25) is 10.1 Å². The fourth-order valence-corrected chi connectivity index (χ4v) is 1.20. The topological polar surface area (TPSA) is 43.1 Å². The zero-order valence-corrected chi connectivity index (χ0v) is 6.91. The number of nitro benzene ring substituents is 1. The van der Waals surface area contributed by atoms with Crippen molar-refractivity contribution in [1.29, 1.82) is 0 Å². The molecule has 0 aliphatic heterocycles. The lowest BCUT2D eigenvalue weighted by Crippen LogP contribution is -1.96. The maximum Gasteiger partial charge on any atom is 0.272 e. The van der Waals surface area contributed by atoms with Gasteiger partial charge in [0.1, 0.15) is 0 Å². The summed E-state index contributed by atoms with van der Waals surface area (Å²) >= 11 is 0. The van der Waals surface area contributed by atoms with Crippen molar-refractivity contribution in [3.8, 4) is 0 Å². The molecule has 3 heteroatoms. The smallest absolute Gasteiger partial charge is 0.258 e. The van der Waals surface area contributed by atoms with E-state index in [4.69, 9.17) is 0 Å². The third-order valence-electron chi connectivity index (χ3n) is 1.80. The first-order valence-corrected chi connectivity index (χ1v) is 3.75. The molecule has 0 fully saturated rings. The van der Waals surface area contributed by atoms with Gasteiger partial charge in [0.15, 0.2) is 0 Å². The van der Waals surface area contributed by atoms with Crippen molar-refractivity contribution in [2.24, 2.45) is 0 Å². The Hall–Kier alpha value is -1.38. The maximum absolute atomic E-state index is 10.5. The summed E-state index contributed by atoms with van der Waals surface area (Å²) < 4.78 is 0. The summed E-state index contributed by atoms with van der Waals surface area (Å²) in [6.45, 7) is 5.62. The summed E-state index contributed by atoms with van der Waals surface area (Å²) in [6.07, 6.45) is 0.649. The van der Waals surface area contributed by atoms with E-state index >= 15 is 0 Å². The van der Waals surface area contributed by atoms with Gasteiger partial charge in [-0.05, 0) is 18.9 Å². The Morgan fingerprint density at radius 1 is 1.58 bits per heavy atom. The largest absolute Gasteiger partial charge is 0.272 e. The summed E-state index contributed by atoms with van der Waals surface area (Å²) in [5, 5.41) is 10.5. The first-order chi connectivity index (χ1) is 5.66. The van der Waals surface area contributed by atoms with Crippen LogP contribution in [0.3, 0.4) is 0 Å². The quantitative estimate of drug-likeness (QED) is 0.497. The molecule has 0 heterocycles. The van der Waals surface area contributed by atoms with Crippen LogP contribution in [0, 0.1) is 17.0 Å². The molecule has 0 aromatic heterocycles. The van der Waals surface area contributed by atoms with Crippen molar-refractivity contribution >= 4 is 5.69 Å². The van der Waals surface area contributed by atoms with Crippen LogP contribution in [0.5, 0.6) is 0 Å². The molecule has 3 nitrogen and oxygen atoms in total. The van der Waals surface area contributed by atoms with E-state index in [1.165, 1.54) is 6.07 Å². The molecule has 1 aromatic rings. The fraction of sp³-hybridized carbons (Fsp3) is 0.222. The Balaban J connectivity index is 3.27. The predicted octanol–water partition coefficient (Wildman–Crippen LogP) is 2.34. The van der Waals surface area contributed by atoms with Gasteiger partial charge >= 0.3 is 0 Å². The van der Waals surface area contributed by atoms with Gasteiger partial charge in [-0.15, -0.1) is 0 Å². The summed E-state index contributed by atoms with van der Waals surface area (Å²) in [4.78, 5) is 10.1. The van der Waals surface area contributed by atoms with Crippen LogP contribution < -0.4 is 0 Å². The average molecular weight is 164 g/mol. The Bertz CT molecular complexity index is 307. The molecule has 0 unspecified atom stereocenters. The van der Waals surface area contributed by atoms with E-state index in [-0.39, 0.29) is 10.6 Å². The van der Waals surface area contributed by atoms with Gasteiger partial charge in [0.05, 0.1) is 4.92 Å². The van der Waals surface area contributed by atoms with Gasteiger partial charge in [-0.1, -0.05) is 19.1 Å². The van der Waals surface area contributed by atoms with E-state index in [1.54, 1.807) is 12.1 Å². The van der Waals surface area contributed by atoms with Crippen molar-refractivity contribution in [2.45, 2.75) is 13.3 Å². The molecule has 12 heavy (non-hydrogen) atoms. The molecular formula is C9H10NO2. The van der Waals surface area contributed by atoms with Crippen molar-refractivity contribution in [2.75, 3.05) is 0 Å². The van der Waals surface area contributed by atoms with Gasteiger partial charge in [-0.2, -0.15) is 0 Å². The third-order valence-corrected chi connectivity index (χ3v) is 1.80. The van der Waals surface area contributed by atoms with E-state index in [0.717, 1.165) is 11.1 Å². The lowest BCUT2D eigenvalue weighted by atomic mass is 10.0. The Morgan fingerprint density at radius 3 is 2.67 bits per heavy atom. The van der Waals surface area contributed by atoms with E-state index in [2.05, 4.69) is 6.92 Å². The second-order valence-electron chi connectivity index (χ2n) is 2.53. The summed E-state index contributed by atoms with van der Waals surface area (Å²) in [5.41, 5.74) is 1.64. The van der Waals surface area contributed by atoms with Gasteiger partial charge < -0.3 is 0 Å². The zero-order valence-electron chi connectivity index (χ0n) is 6.91. The summed E-state index contributed by atoms with van der Waals surface area (Å²) in [6, 6.07) is 4.94. The molecule has 0 spiro atoms. The second-order valence-corrected chi connectivity index (χ2v) is 2.53. The average Bonchev–Trinajstić information content (AvgIpc) is 2.03. The number of hydrogen-bond acceptors (Lipinski definition) is 2. The molecule has 0 saturated heterocycles. The molecule has 0 amide bonds. The van der Waals surface area contributed by atoms with Crippen LogP contribution in [-0.4, -0.2) is 4.92 Å². The fourth-order valence-electron chi connectivity index (χ4n) is 1.20. The first kappa shape index (κ1) is 8.71. The number of hydrogen-bond donors (Lipinski definition) is 0. The van der Waals surface area contributed by atoms with Gasteiger partial charge in [0, 0.05) is 11.6 Å². The number of benzene rings is 1. The highest BCUT2D eigenvalue weighted by Gasteiger charge is 2.12. The minimum Gasteiger partial charge on any atom is -0.258 e. The lowest BCUT2D eigenvalue weighted by molar-refractivity contribution is -0.385. The highest BCUT2D eigenvalue weighted by molar-refractivity contribution is 5.46. The highest BCUT2D eigenvalue weighted by Crippen LogP contribution is 2.21. The molecule has 0 aliphatic carbocycles.